The number of halogens is 10. The summed E-state index contributed by atoms with van der Waals surface area (Å²) in [5, 5.41) is 18.5. The zero-order valence-electron chi connectivity index (χ0n) is 75.2. The van der Waals surface area contributed by atoms with Gasteiger partial charge < -0.3 is 76.4 Å². The molecule has 0 spiro atoms. The van der Waals surface area contributed by atoms with Crippen LogP contribution in [-0.2, 0) is 103 Å². The highest BCUT2D eigenvalue weighted by Crippen LogP contribution is 2.16. The number of amides is 7. The molecule has 7 atom stereocenters. The molecule has 10 aromatic rings. The average molecular weight is 1850 g/mol. The monoisotopic (exact) mass is 1850 g/mol. The molecule has 1 aliphatic rings. The molecule has 11 rings (SSSR count). The van der Waals surface area contributed by atoms with E-state index < -0.39 is 60.7 Å². The number of nitrogens with one attached hydrogen (secondary N) is 7. The van der Waals surface area contributed by atoms with Crippen molar-refractivity contribution in [3.63, 3.8) is 0 Å². The van der Waals surface area contributed by atoms with Crippen molar-refractivity contribution in [1.82, 2.24) is 52.1 Å². The van der Waals surface area contributed by atoms with Gasteiger partial charge in [-0.2, -0.15) is 13.2 Å². The lowest BCUT2D eigenvalue weighted by atomic mass is 10.0. The van der Waals surface area contributed by atoms with Gasteiger partial charge >= 0.3 is 6.18 Å². The van der Waals surface area contributed by atoms with Crippen molar-refractivity contribution < 1.29 is 82.2 Å². The molecule has 34 heteroatoms. The van der Waals surface area contributed by atoms with E-state index in [4.69, 9.17) is 39.1 Å². The number of morpholine rings is 1. The van der Waals surface area contributed by atoms with Crippen LogP contribution in [0, 0.1) is 52.6 Å². The molecule has 0 radical (unpaired) electrons. The largest absolute Gasteiger partial charge is 0.405 e. The fourth-order valence-electron chi connectivity index (χ4n) is 12.1. The molecule has 0 aliphatic carbocycles. The topological polar surface area (TPSA) is 398 Å². The third-order valence-electron chi connectivity index (χ3n) is 19.5. The SMILES string of the molecule is CC(C)CNC(=O)C(N)Cc1ccc(F)cc1.CC(C)NC(=O)C(N)Cc1ccc(F)cc1.CC(Cc1ccc(F)cc1)C(=O)NCc1ccncc1.NC(Cc1ccc(F)cc1)C(=O)NCC(F)(F)F.NC(Cc1ccc(F)cc1)C(=O)NCCN1CCOCC1.NC(Cc1ccc(F)cc1)C(=O)NCCc1ccccc1.NC(Cc1ccc(F)cc1)C(=O)NCc1cccnc1. The van der Waals surface area contributed by atoms with E-state index in [1.54, 1.807) is 109 Å². The summed E-state index contributed by atoms with van der Waals surface area (Å²) in [6.45, 7) is 15.0. The number of carbonyl (C=O) groups excluding carboxylic acids is 7. The van der Waals surface area contributed by atoms with Gasteiger partial charge in [0.2, 0.25) is 41.4 Å². The van der Waals surface area contributed by atoms with Crippen LogP contribution in [0.1, 0.15) is 90.3 Å². The lowest BCUT2D eigenvalue weighted by molar-refractivity contribution is -0.139. The van der Waals surface area contributed by atoms with Crippen molar-refractivity contribution in [2.24, 2.45) is 46.2 Å². The van der Waals surface area contributed by atoms with Crippen LogP contribution >= 0.6 is 0 Å². The van der Waals surface area contributed by atoms with Gasteiger partial charge in [-0.05, 0) is 230 Å². The van der Waals surface area contributed by atoms with E-state index in [1.165, 1.54) is 103 Å². The summed E-state index contributed by atoms with van der Waals surface area (Å²) < 4.78 is 130. The maximum Gasteiger partial charge on any atom is 0.405 e. The second-order valence-corrected chi connectivity index (χ2v) is 31.9. The molecule has 24 nitrogen and oxygen atoms in total. The van der Waals surface area contributed by atoms with Crippen molar-refractivity contribution in [1.29, 1.82) is 0 Å². The number of aromatic nitrogens is 2. The fraction of sp³-hybridized carbons (Fsp3) is 0.343. The normalized spacial score (nSPS) is 13.1. The Balaban J connectivity index is 0.000000275. The van der Waals surface area contributed by atoms with Crippen molar-refractivity contribution in [2.45, 2.75) is 148 Å². The molecule has 8 aromatic carbocycles. The van der Waals surface area contributed by atoms with Crippen molar-refractivity contribution in [2.75, 3.05) is 59.0 Å². The van der Waals surface area contributed by atoms with Gasteiger partial charge in [-0.25, -0.2) is 30.7 Å². The van der Waals surface area contributed by atoms with Crippen LogP contribution < -0.4 is 71.6 Å². The second-order valence-electron chi connectivity index (χ2n) is 31.9. The van der Waals surface area contributed by atoms with Gasteiger partial charge in [0.1, 0.15) is 47.3 Å². The maximum atomic E-state index is 12.8. The van der Waals surface area contributed by atoms with E-state index in [0.717, 1.165) is 83.8 Å². The quantitative estimate of drug-likeness (QED) is 0.0164. The number of hydrogen-bond acceptors (Lipinski definition) is 17. The molecule has 1 fully saturated rings. The predicted octanol–water partition coefficient (Wildman–Crippen LogP) is 10.4. The van der Waals surface area contributed by atoms with Crippen LogP contribution in [0.5, 0.6) is 0 Å². The van der Waals surface area contributed by atoms with Crippen LogP contribution in [0.4, 0.5) is 43.9 Å². The number of alkyl halides is 3. The van der Waals surface area contributed by atoms with Crippen LogP contribution in [0.3, 0.4) is 0 Å². The van der Waals surface area contributed by atoms with Crippen molar-refractivity contribution in [3.05, 3.63) is 346 Å². The molecule has 7 unspecified atom stereocenters. The highest BCUT2D eigenvalue weighted by molar-refractivity contribution is 5.84. The zero-order chi connectivity index (χ0) is 97.6. The van der Waals surface area contributed by atoms with E-state index in [9.17, 15) is 77.5 Å². The van der Waals surface area contributed by atoms with E-state index >= 15 is 0 Å². The number of rotatable bonds is 35. The van der Waals surface area contributed by atoms with Gasteiger partial charge in [-0.1, -0.05) is 142 Å². The molecule has 0 bridgehead atoms. The first-order valence-electron chi connectivity index (χ1n) is 43.2. The first-order valence-corrected chi connectivity index (χ1v) is 43.2. The lowest BCUT2D eigenvalue weighted by Gasteiger charge is -2.26. The number of carbonyl (C=O) groups is 7. The summed E-state index contributed by atoms with van der Waals surface area (Å²) in [5.41, 5.74) is 43.4. The van der Waals surface area contributed by atoms with E-state index in [0.29, 0.717) is 82.7 Å². The molecular formula is C99H122F10N16O8. The Hall–Kier alpha value is -12.7. The molecule has 716 valence electrons. The Morgan fingerprint density at radius 1 is 0.346 bits per heavy atom. The molecule has 7 amide bonds. The summed E-state index contributed by atoms with van der Waals surface area (Å²) >= 11 is 0. The summed E-state index contributed by atoms with van der Waals surface area (Å²) in [6.07, 6.45) is 5.72. The number of hydrogen-bond donors (Lipinski definition) is 13. The van der Waals surface area contributed by atoms with Crippen LogP contribution in [-0.4, -0.2) is 164 Å². The number of benzene rings is 8. The van der Waals surface area contributed by atoms with Gasteiger partial charge in [0.05, 0.1) is 49.5 Å². The number of nitrogens with two attached hydrogens (primary N) is 6. The standard InChI is InChI=1S/C17H19FN2O.C16H17FN2O.C15H22FN3O2.C15H16FN3O.C13H19FN2O.C12H17FN2O.C11H12F4N2O/c18-15-8-6-14(7-9-15)12-16(19)17(21)20-11-10-13-4-2-1-3-5-13;1-12(10-13-2-4-15(17)5-3-13)16(20)19-11-14-6-8-18-9-7-14;16-13-3-1-12(2-4-13)11-14(17)15(20)18-5-6-19-7-9-21-10-8-19;16-13-5-3-11(4-6-13)8-14(17)15(20)19-10-12-2-1-7-18-9-12;1-9(2)8-16-13(17)12(15)7-10-3-5-11(14)6-4-10;1-8(2)15-12(16)11(14)7-9-3-5-10(13)6-4-9;12-8-3-1-7(2-4-8)5-9(16)10(18)17-6-11(13,14)15/h1-9,16H,10-12,19H2,(H,20,21);2-9,12H,10-11H2,1H3,(H,19,20);1-4,14H,5-11,17H2,(H,18,20);1-7,9,14H,8,10,17H2,(H,19,20);3-6,9,12H,7-8,15H2,1-2H3,(H,16,17);3-6,8,11H,7,14H2,1-2H3,(H,15,16);1-4,9H,5-6,16H2,(H,17,18). The second kappa shape index (κ2) is 61.1. The molecule has 2 aromatic heterocycles. The third-order valence-corrected chi connectivity index (χ3v) is 19.5. The van der Waals surface area contributed by atoms with E-state index in [-0.39, 0.29) is 88.7 Å². The minimum absolute atomic E-state index is 0.00821. The maximum absolute atomic E-state index is 12.8. The Morgan fingerprint density at radius 3 is 1.02 bits per heavy atom. The zero-order valence-corrected chi connectivity index (χ0v) is 75.2. The Bertz CT molecular complexity index is 4890. The Morgan fingerprint density at radius 2 is 0.669 bits per heavy atom. The highest BCUT2D eigenvalue weighted by Gasteiger charge is 2.29. The molecule has 1 saturated heterocycles. The smallest absolute Gasteiger partial charge is 0.379 e. The first-order chi connectivity index (χ1) is 63.3. The molecule has 19 N–H and O–H groups in total. The minimum atomic E-state index is -4.47. The van der Waals surface area contributed by atoms with Crippen LogP contribution in [0.2, 0.25) is 0 Å². The highest BCUT2D eigenvalue weighted by atomic mass is 19.4. The summed E-state index contributed by atoms with van der Waals surface area (Å²) in [4.78, 5) is 92.2. The van der Waals surface area contributed by atoms with Crippen LogP contribution in [0.15, 0.2) is 249 Å². The molecule has 3 heterocycles. The predicted molar refractivity (Wildman–Crippen MR) is 494 cm³/mol. The fourth-order valence-corrected chi connectivity index (χ4v) is 12.1. The van der Waals surface area contributed by atoms with Gasteiger partial charge in [0.15, 0.2) is 0 Å². The summed E-state index contributed by atoms with van der Waals surface area (Å²) in [5.74, 6) is -3.75. The summed E-state index contributed by atoms with van der Waals surface area (Å²) in [7, 11) is 0. The van der Waals surface area contributed by atoms with Crippen molar-refractivity contribution >= 4 is 41.4 Å². The first kappa shape index (κ1) is 111. The third kappa shape index (κ3) is 49.4. The average Bonchev–Trinajstić information content (AvgIpc) is 0.906. The Labute approximate surface area is 770 Å². The molecule has 1 aliphatic heterocycles. The van der Waals surface area contributed by atoms with Gasteiger partial charge in [-0.15, -0.1) is 0 Å². The van der Waals surface area contributed by atoms with Gasteiger partial charge in [0.25, 0.3) is 0 Å². The molecular weight excluding hydrogens is 1730 g/mol. The number of pyridine rings is 2. The van der Waals surface area contributed by atoms with Gasteiger partial charge in [0, 0.05) is 89.1 Å². The van der Waals surface area contributed by atoms with E-state index in [2.05, 4.69) is 46.8 Å². The number of ether oxygens (including phenoxy) is 1. The minimum Gasteiger partial charge on any atom is -0.379 e. The van der Waals surface area contributed by atoms with Gasteiger partial charge in [-0.3, -0.25) is 48.4 Å². The lowest BCUT2D eigenvalue weighted by Crippen LogP contribution is -2.46. The summed E-state index contributed by atoms with van der Waals surface area (Å²) in [6, 6.07) is 54.8. The van der Waals surface area contributed by atoms with Crippen LogP contribution in [0.25, 0.3) is 0 Å². The molecule has 0 saturated carbocycles. The van der Waals surface area contributed by atoms with Crippen molar-refractivity contribution in [3.8, 4) is 0 Å². The van der Waals surface area contributed by atoms with E-state index in [1.807, 2.05) is 83.1 Å². The Kier molecular flexibility index (Phi) is 50.9. The number of nitrogens with zero attached hydrogens (tertiary/aromatic N) is 3. The molecule has 133 heavy (non-hydrogen) atoms.